The first kappa shape index (κ1) is 25.5. The second-order valence-corrected chi connectivity index (χ2v) is 8.72. The van der Waals surface area contributed by atoms with Gasteiger partial charge in [0.15, 0.2) is 5.96 Å². The monoisotopic (exact) mass is 560 g/mol. The van der Waals surface area contributed by atoms with E-state index in [1.807, 2.05) is 13.1 Å². The van der Waals surface area contributed by atoms with Gasteiger partial charge in [0, 0.05) is 39.8 Å². The Labute approximate surface area is 214 Å². The molecule has 1 atom stereocenters. The van der Waals surface area contributed by atoms with Crippen molar-refractivity contribution in [1.82, 2.24) is 25.1 Å². The van der Waals surface area contributed by atoms with Crippen molar-refractivity contribution >= 4 is 41.0 Å². The predicted octanol–water partition coefficient (Wildman–Crippen LogP) is 4.08. The smallest absolute Gasteiger partial charge is 0.190 e. The van der Waals surface area contributed by atoms with E-state index in [1.54, 1.807) is 0 Å². The molecule has 6 nitrogen and oxygen atoms in total. The lowest BCUT2D eigenvalue weighted by Crippen LogP contribution is -2.40. The van der Waals surface area contributed by atoms with Crippen LogP contribution in [-0.2, 0) is 13.0 Å². The summed E-state index contributed by atoms with van der Waals surface area (Å²) in [4.78, 5) is 11.7. The van der Waals surface area contributed by atoms with Crippen LogP contribution in [0.4, 0.5) is 0 Å². The number of aromatic nitrogens is 2. The quantitative estimate of drug-likeness (QED) is 0.179. The number of likely N-dealkylation sites (tertiary alicyclic amines) is 1. The van der Waals surface area contributed by atoms with Crippen molar-refractivity contribution in [1.29, 1.82) is 0 Å². The van der Waals surface area contributed by atoms with Gasteiger partial charge < -0.3 is 20.1 Å². The van der Waals surface area contributed by atoms with Crippen molar-refractivity contribution in [3.8, 4) is 0 Å². The number of nitrogens with one attached hydrogen (secondary N) is 2. The van der Waals surface area contributed by atoms with Gasteiger partial charge in [-0.25, -0.2) is 4.98 Å². The zero-order chi connectivity index (χ0) is 22.2. The van der Waals surface area contributed by atoms with E-state index in [9.17, 15) is 0 Å². The van der Waals surface area contributed by atoms with Crippen LogP contribution in [0.25, 0.3) is 11.0 Å². The summed E-state index contributed by atoms with van der Waals surface area (Å²) in [7, 11) is 1.85. The van der Waals surface area contributed by atoms with E-state index in [4.69, 9.17) is 0 Å². The molecule has 1 aliphatic rings. The number of imidazole rings is 1. The maximum absolute atomic E-state index is 4.66. The molecule has 178 valence electrons. The van der Waals surface area contributed by atoms with E-state index in [1.165, 1.54) is 30.6 Å². The molecule has 2 heterocycles. The lowest BCUT2D eigenvalue weighted by atomic mass is 10.1. The molecule has 7 heteroatoms. The molecule has 1 saturated heterocycles. The van der Waals surface area contributed by atoms with Gasteiger partial charge in [-0.2, -0.15) is 0 Å². The number of nitrogens with zero attached hydrogens (tertiary/aromatic N) is 4. The van der Waals surface area contributed by atoms with E-state index in [-0.39, 0.29) is 24.0 Å². The topological polar surface area (TPSA) is 57.5 Å². The van der Waals surface area contributed by atoms with E-state index in [0.29, 0.717) is 5.92 Å². The highest BCUT2D eigenvalue weighted by Gasteiger charge is 2.22. The fraction of sp³-hybridized carbons (Fsp3) is 0.462. The van der Waals surface area contributed by atoms with Crippen molar-refractivity contribution < 1.29 is 0 Å². The Hall–Kier alpha value is -2.13. The van der Waals surface area contributed by atoms with Crippen LogP contribution in [0.1, 0.15) is 24.2 Å². The molecule has 1 aliphatic heterocycles. The highest BCUT2D eigenvalue weighted by atomic mass is 127. The molecule has 1 aromatic heterocycles. The number of benzene rings is 2. The zero-order valence-electron chi connectivity index (χ0n) is 19.8. The van der Waals surface area contributed by atoms with Gasteiger partial charge in [-0.1, -0.05) is 42.5 Å². The van der Waals surface area contributed by atoms with Crippen LogP contribution in [-0.4, -0.2) is 60.2 Å². The Morgan fingerprint density at radius 3 is 2.67 bits per heavy atom. The Morgan fingerprint density at radius 2 is 1.85 bits per heavy atom. The first-order valence-corrected chi connectivity index (χ1v) is 11.9. The molecular formula is C26H37IN6. The Morgan fingerprint density at radius 1 is 1.06 bits per heavy atom. The Kier molecular flexibility index (Phi) is 9.99. The predicted molar refractivity (Wildman–Crippen MR) is 149 cm³/mol. The van der Waals surface area contributed by atoms with Gasteiger partial charge in [-0.3, -0.25) is 4.99 Å². The van der Waals surface area contributed by atoms with Crippen molar-refractivity contribution in [2.45, 2.75) is 32.7 Å². The summed E-state index contributed by atoms with van der Waals surface area (Å²) in [5.41, 5.74) is 3.72. The second kappa shape index (κ2) is 12.9. The van der Waals surface area contributed by atoms with Crippen LogP contribution >= 0.6 is 24.0 Å². The van der Waals surface area contributed by atoms with E-state index >= 15 is 0 Å². The molecule has 0 aliphatic carbocycles. The fourth-order valence-corrected chi connectivity index (χ4v) is 4.60. The molecule has 0 spiro atoms. The van der Waals surface area contributed by atoms with Crippen molar-refractivity contribution in [2.24, 2.45) is 10.9 Å². The van der Waals surface area contributed by atoms with Crippen LogP contribution < -0.4 is 10.6 Å². The van der Waals surface area contributed by atoms with E-state index in [2.05, 4.69) is 85.5 Å². The summed E-state index contributed by atoms with van der Waals surface area (Å²) < 4.78 is 2.30. The average molecular weight is 561 g/mol. The SMILES string of the molecule is CN=C(NCCCn1c(C)nc2ccccc21)NCC1CCN(CCc2ccccc2)C1.I. The number of para-hydroxylation sites is 2. The first-order chi connectivity index (χ1) is 15.7. The maximum Gasteiger partial charge on any atom is 0.190 e. The normalized spacial score (nSPS) is 16.7. The summed E-state index contributed by atoms with van der Waals surface area (Å²) in [6, 6.07) is 19.1. The van der Waals surface area contributed by atoms with Gasteiger partial charge in [-0.05, 0) is 56.3 Å². The van der Waals surface area contributed by atoms with Crippen LogP contribution in [0, 0.1) is 12.8 Å². The summed E-state index contributed by atoms with van der Waals surface area (Å²) in [6.45, 7) is 8.42. The Balaban J connectivity index is 0.00000306. The molecule has 3 aromatic rings. The minimum absolute atomic E-state index is 0. The average Bonchev–Trinajstić information content (AvgIpc) is 3.41. The third-order valence-electron chi connectivity index (χ3n) is 6.41. The lowest BCUT2D eigenvalue weighted by Gasteiger charge is -2.18. The number of rotatable bonds is 9. The number of aryl methyl sites for hydroxylation is 2. The van der Waals surface area contributed by atoms with Gasteiger partial charge in [0.05, 0.1) is 11.0 Å². The lowest BCUT2D eigenvalue weighted by molar-refractivity contribution is 0.328. The van der Waals surface area contributed by atoms with Crippen LogP contribution in [0.5, 0.6) is 0 Å². The fourth-order valence-electron chi connectivity index (χ4n) is 4.60. The van der Waals surface area contributed by atoms with Crippen molar-refractivity contribution in [3.63, 3.8) is 0 Å². The molecule has 0 saturated carbocycles. The minimum atomic E-state index is 0. The van der Waals surface area contributed by atoms with Crippen molar-refractivity contribution in [3.05, 3.63) is 66.0 Å². The standard InChI is InChI=1S/C26H36N6.HI/c1-21-30-24-11-6-7-12-25(24)32(21)16-8-15-28-26(27-2)29-19-23-14-18-31(20-23)17-13-22-9-4-3-5-10-22;/h3-7,9-12,23H,8,13-20H2,1-2H3,(H2,27,28,29);1H. The third-order valence-corrected chi connectivity index (χ3v) is 6.41. The molecular weight excluding hydrogens is 523 g/mol. The molecule has 1 unspecified atom stereocenters. The molecule has 2 N–H and O–H groups in total. The molecule has 2 aromatic carbocycles. The molecule has 0 bridgehead atoms. The van der Waals surface area contributed by atoms with Gasteiger partial charge in [0.25, 0.3) is 0 Å². The summed E-state index contributed by atoms with van der Waals surface area (Å²) in [5.74, 6) is 2.66. The maximum atomic E-state index is 4.66. The van der Waals surface area contributed by atoms with E-state index < -0.39 is 0 Å². The number of hydrogen-bond donors (Lipinski definition) is 2. The van der Waals surface area contributed by atoms with Crippen LogP contribution in [0.2, 0.25) is 0 Å². The molecule has 0 amide bonds. The minimum Gasteiger partial charge on any atom is -0.356 e. The number of hydrogen-bond acceptors (Lipinski definition) is 3. The number of halogens is 1. The highest BCUT2D eigenvalue weighted by molar-refractivity contribution is 14.0. The molecule has 4 rings (SSSR count). The third kappa shape index (κ3) is 7.17. The largest absolute Gasteiger partial charge is 0.356 e. The molecule has 0 radical (unpaired) electrons. The van der Waals surface area contributed by atoms with E-state index in [0.717, 1.165) is 56.3 Å². The van der Waals surface area contributed by atoms with Gasteiger partial charge >= 0.3 is 0 Å². The number of guanidine groups is 1. The van der Waals surface area contributed by atoms with Gasteiger partial charge in [0.1, 0.15) is 5.82 Å². The van der Waals surface area contributed by atoms with Gasteiger partial charge in [0.2, 0.25) is 0 Å². The van der Waals surface area contributed by atoms with Crippen LogP contribution in [0.3, 0.4) is 0 Å². The van der Waals surface area contributed by atoms with Crippen LogP contribution in [0.15, 0.2) is 59.6 Å². The highest BCUT2D eigenvalue weighted by Crippen LogP contribution is 2.17. The van der Waals surface area contributed by atoms with Gasteiger partial charge in [-0.15, -0.1) is 24.0 Å². The summed E-state index contributed by atoms with van der Waals surface area (Å²) >= 11 is 0. The zero-order valence-corrected chi connectivity index (χ0v) is 22.2. The molecule has 1 fully saturated rings. The molecule has 33 heavy (non-hydrogen) atoms. The number of aliphatic imine (C=N–C) groups is 1. The summed E-state index contributed by atoms with van der Waals surface area (Å²) in [5, 5.41) is 7.01. The Bertz CT molecular complexity index is 1020. The summed E-state index contributed by atoms with van der Waals surface area (Å²) in [6.07, 6.45) is 3.42. The first-order valence-electron chi connectivity index (χ1n) is 11.9. The number of fused-ring (bicyclic) bond motifs is 1. The van der Waals surface area contributed by atoms with Crippen molar-refractivity contribution in [2.75, 3.05) is 39.8 Å². The second-order valence-electron chi connectivity index (χ2n) is 8.72.